The monoisotopic (exact) mass is 396 g/mol. The number of benzene rings is 2. The minimum absolute atomic E-state index is 0.00479. The van der Waals surface area contributed by atoms with Gasteiger partial charge in [-0.15, -0.1) is 0 Å². The van der Waals surface area contributed by atoms with Gasteiger partial charge < -0.3 is 14.8 Å². The van der Waals surface area contributed by atoms with Gasteiger partial charge in [0.2, 0.25) is 0 Å². The van der Waals surface area contributed by atoms with E-state index in [1.165, 1.54) is 37.6 Å². The number of rotatable bonds is 6. The zero-order valence-electron chi connectivity index (χ0n) is 15.5. The number of esters is 1. The maximum absolute atomic E-state index is 12.2. The fraction of sp³-hybridized carbons (Fsp3) is 0.158. The van der Waals surface area contributed by atoms with Gasteiger partial charge in [0, 0.05) is 30.2 Å². The van der Waals surface area contributed by atoms with E-state index in [2.05, 4.69) is 15.3 Å². The maximum atomic E-state index is 12.2. The number of nitrogens with one attached hydrogen (secondary N) is 1. The molecule has 0 aliphatic rings. The van der Waals surface area contributed by atoms with Gasteiger partial charge in [0.25, 0.3) is 5.91 Å². The number of anilines is 1. The molecule has 0 fully saturated rings. The highest BCUT2D eigenvalue weighted by Gasteiger charge is 2.19. The summed E-state index contributed by atoms with van der Waals surface area (Å²) in [5.41, 5.74) is 1.96. The van der Waals surface area contributed by atoms with Crippen molar-refractivity contribution in [1.82, 2.24) is 9.97 Å². The Labute approximate surface area is 164 Å². The molecular weight excluding hydrogens is 380 g/mol. The van der Waals surface area contributed by atoms with Gasteiger partial charge >= 0.3 is 11.7 Å². The number of methoxy groups -OCH3 is 1. The van der Waals surface area contributed by atoms with Crippen molar-refractivity contribution in [1.29, 1.82) is 0 Å². The fourth-order valence-corrected chi connectivity index (χ4v) is 2.60. The topological polar surface area (TPSA) is 134 Å². The Morgan fingerprint density at radius 3 is 2.55 bits per heavy atom. The van der Waals surface area contributed by atoms with E-state index in [-0.39, 0.29) is 17.0 Å². The third kappa shape index (κ3) is 4.43. The number of nitro groups is 1. The van der Waals surface area contributed by atoms with E-state index in [1.54, 1.807) is 19.2 Å². The van der Waals surface area contributed by atoms with Crippen LogP contribution in [0, 0.1) is 17.0 Å². The number of hydrogen-bond acceptors (Lipinski definition) is 8. The minimum Gasteiger partial charge on any atom is -0.490 e. The molecule has 0 saturated carbocycles. The minimum atomic E-state index is -0.689. The third-order valence-corrected chi connectivity index (χ3v) is 4.04. The Morgan fingerprint density at radius 2 is 1.86 bits per heavy atom. The van der Waals surface area contributed by atoms with Gasteiger partial charge in [0.1, 0.15) is 0 Å². The molecule has 0 radical (unpaired) electrons. The molecule has 10 heteroatoms. The summed E-state index contributed by atoms with van der Waals surface area (Å²) in [6.07, 6.45) is 3.05. The SMILES string of the molecule is COc1cc(NC(=O)COC(=O)c2ccc3nccnc3c2)c(C)cc1[N+](=O)[O-]. The number of amides is 1. The summed E-state index contributed by atoms with van der Waals surface area (Å²) in [5, 5.41) is 13.6. The molecule has 0 saturated heterocycles. The molecule has 0 aliphatic carbocycles. The first kappa shape index (κ1) is 19.7. The molecular formula is C19H16N4O6. The van der Waals surface area contributed by atoms with E-state index in [9.17, 15) is 19.7 Å². The van der Waals surface area contributed by atoms with Crippen LogP contribution < -0.4 is 10.1 Å². The molecule has 0 atom stereocenters. The second kappa shape index (κ2) is 8.30. The zero-order valence-corrected chi connectivity index (χ0v) is 15.5. The Morgan fingerprint density at radius 1 is 1.14 bits per heavy atom. The number of nitrogens with zero attached hydrogens (tertiary/aromatic N) is 3. The van der Waals surface area contributed by atoms with E-state index in [4.69, 9.17) is 9.47 Å². The van der Waals surface area contributed by atoms with E-state index >= 15 is 0 Å². The number of carbonyl (C=O) groups excluding carboxylic acids is 2. The highest BCUT2D eigenvalue weighted by molar-refractivity contribution is 5.97. The number of carbonyl (C=O) groups is 2. The summed E-state index contributed by atoms with van der Waals surface area (Å²) in [6.45, 7) is 1.07. The van der Waals surface area contributed by atoms with Crippen LogP contribution in [0.1, 0.15) is 15.9 Å². The van der Waals surface area contributed by atoms with E-state index in [0.29, 0.717) is 22.3 Å². The largest absolute Gasteiger partial charge is 0.490 e. The molecule has 3 rings (SSSR count). The van der Waals surface area contributed by atoms with Crippen LogP contribution >= 0.6 is 0 Å². The van der Waals surface area contributed by atoms with Crippen LogP contribution in [0.25, 0.3) is 11.0 Å². The van der Waals surface area contributed by atoms with Gasteiger partial charge in [0.05, 0.1) is 28.6 Å². The molecule has 1 N–H and O–H groups in total. The lowest BCUT2D eigenvalue weighted by Gasteiger charge is -2.11. The van der Waals surface area contributed by atoms with Crippen molar-refractivity contribution < 1.29 is 24.0 Å². The molecule has 29 heavy (non-hydrogen) atoms. The van der Waals surface area contributed by atoms with Gasteiger partial charge in [-0.3, -0.25) is 24.9 Å². The normalized spacial score (nSPS) is 10.4. The summed E-state index contributed by atoms with van der Waals surface area (Å²) >= 11 is 0. The summed E-state index contributed by atoms with van der Waals surface area (Å²) in [6, 6.07) is 7.31. The number of aromatic nitrogens is 2. The van der Waals surface area contributed by atoms with Crippen molar-refractivity contribution in [3.8, 4) is 5.75 Å². The van der Waals surface area contributed by atoms with Crippen molar-refractivity contribution in [2.45, 2.75) is 6.92 Å². The Kier molecular flexibility index (Phi) is 5.63. The van der Waals surface area contributed by atoms with Crippen LogP contribution in [0.5, 0.6) is 5.75 Å². The van der Waals surface area contributed by atoms with Gasteiger partial charge in [-0.1, -0.05) is 0 Å². The van der Waals surface area contributed by atoms with E-state index in [1.807, 2.05) is 0 Å². The van der Waals surface area contributed by atoms with E-state index in [0.717, 1.165) is 0 Å². The zero-order chi connectivity index (χ0) is 21.0. The predicted octanol–water partition coefficient (Wildman–Crippen LogP) is 2.65. The third-order valence-electron chi connectivity index (χ3n) is 4.04. The smallest absolute Gasteiger partial charge is 0.338 e. The van der Waals surface area contributed by atoms with Gasteiger partial charge in [-0.2, -0.15) is 0 Å². The second-order valence-corrected chi connectivity index (χ2v) is 5.98. The van der Waals surface area contributed by atoms with Gasteiger partial charge in [-0.25, -0.2) is 4.79 Å². The Balaban J connectivity index is 1.66. The van der Waals surface area contributed by atoms with Crippen LogP contribution in [0.4, 0.5) is 11.4 Å². The molecule has 1 aromatic heterocycles. The Bertz CT molecular complexity index is 1120. The number of hydrogen-bond donors (Lipinski definition) is 1. The molecule has 0 unspecified atom stereocenters. The lowest BCUT2D eigenvalue weighted by molar-refractivity contribution is -0.385. The second-order valence-electron chi connectivity index (χ2n) is 5.98. The molecule has 0 bridgehead atoms. The summed E-state index contributed by atoms with van der Waals surface area (Å²) in [4.78, 5) is 43.0. The van der Waals surface area contributed by atoms with Gasteiger partial charge in [0.15, 0.2) is 12.4 Å². The van der Waals surface area contributed by atoms with Crippen LogP contribution in [-0.4, -0.2) is 40.5 Å². The average molecular weight is 396 g/mol. The van der Waals surface area contributed by atoms with Crippen molar-refractivity contribution in [2.24, 2.45) is 0 Å². The lowest BCUT2D eigenvalue weighted by atomic mass is 10.1. The lowest BCUT2D eigenvalue weighted by Crippen LogP contribution is -2.21. The summed E-state index contributed by atoms with van der Waals surface area (Å²) in [5.74, 6) is -1.28. The highest BCUT2D eigenvalue weighted by atomic mass is 16.6. The van der Waals surface area contributed by atoms with Crippen molar-refractivity contribution in [3.05, 3.63) is 64.0 Å². The molecule has 1 heterocycles. The van der Waals surface area contributed by atoms with Crippen LogP contribution in [0.2, 0.25) is 0 Å². The molecule has 10 nitrogen and oxygen atoms in total. The molecule has 3 aromatic rings. The number of nitro benzene ring substituents is 1. The van der Waals surface area contributed by atoms with Crippen molar-refractivity contribution in [3.63, 3.8) is 0 Å². The van der Waals surface area contributed by atoms with Crippen molar-refractivity contribution in [2.75, 3.05) is 19.0 Å². The first-order valence-corrected chi connectivity index (χ1v) is 8.40. The van der Waals surface area contributed by atoms with Crippen LogP contribution in [-0.2, 0) is 9.53 Å². The quantitative estimate of drug-likeness (QED) is 0.382. The molecule has 0 spiro atoms. The van der Waals surface area contributed by atoms with Crippen molar-refractivity contribution >= 4 is 34.3 Å². The first-order chi connectivity index (χ1) is 13.9. The summed E-state index contributed by atoms with van der Waals surface area (Å²) in [7, 11) is 1.29. The van der Waals surface area contributed by atoms with Crippen LogP contribution in [0.15, 0.2) is 42.7 Å². The fourth-order valence-electron chi connectivity index (χ4n) is 2.60. The predicted molar refractivity (Wildman–Crippen MR) is 103 cm³/mol. The highest BCUT2D eigenvalue weighted by Crippen LogP contribution is 2.32. The molecule has 2 aromatic carbocycles. The van der Waals surface area contributed by atoms with Gasteiger partial charge in [-0.05, 0) is 30.7 Å². The van der Waals surface area contributed by atoms with E-state index < -0.39 is 23.4 Å². The van der Waals surface area contributed by atoms with Crippen LogP contribution in [0.3, 0.4) is 0 Å². The summed E-state index contributed by atoms with van der Waals surface area (Å²) < 4.78 is 10.0. The molecule has 148 valence electrons. The average Bonchev–Trinajstić information content (AvgIpc) is 2.72. The number of fused-ring (bicyclic) bond motifs is 1. The Hall–Kier alpha value is -4.08. The maximum Gasteiger partial charge on any atom is 0.338 e. The first-order valence-electron chi connectivity index (χ1n) is 8.40. The number of ether oxygens (including phenoxy) is 2. The molecule has 1 amide bonds. The standard InChI is InChI=1S/C19H16N4O6/c1-11-7-16(23(26)27)17(28-2)9-14(11)22-18(24)10-29-19(25)12-3-4-13-15(8-12)21-6-5-20-13/h3-9H,10H2,1-2H3,(H,22,24). The number of aryl methyl sites for hydroxylation is 1. The molecule has 0 aliphatic heterocycles.